The van der Waals surface area contributed by atoms with E-state index in [2.05, 4.69) is 12.2 Å². The summed E-state index contributed by atoms with van der Waals surface area (Å²) in [5.74, 6) is 0. The molecule has 0 aromatic carbocycles. The summed E-state index contributed by atoms with van der Waals surface area (Å²) in [6, 6.07) is 0. The van der Waals surface area contributed by atoms with E-state index in [-0.39, 0.29) is 0 Å². The molecule has 0 N–H and O–H groups in total. The Labute approximate surface area is 147 Å². The van der Waals surface area contributed by atoms with Crippen molar-refractivity contribution >= 4 is 0 Å². The minimum absolute atomic E-state index is 1.32. The van der Waals surface area contributed by atoms with Crippen LogP contribution in [0.4, 0.5) is 0 Å². The second kappa shape index (κ2) is 18.1. The quantitative estimate of drug-likeness (QED) is 0.391. The fourth-order valence-electron chi connectivity index (χ4n) is 3.77. The molecule has 0 heteroatoms. The van der Waals surface area contributed by atoms with Crippen molar-refractivity contribution in [2.75, 3.05) is 0 Å². The lowest BCUT2D eigenvalue weighted by Gasteiger charge is -2.03. The Balaban J connectivity index is 2.05. The Bertz CT molecular complexity index is 216. The van der Waals surface area contributed by atoms with Gasteiger partial charge < -0.3 is 0 Å². The van der Waals surface area contributed by atoms with E-state index in [0.29, 0.717) is 0 Å². The number of hydrogen-bond donors (Lipinski definition) is 0. The summed E-state index contributed by atoms with van der Waals surface area (Å²) in [5, 5.41) is 0. The van der Waals surface area contributed by atoms with Crippen LogP contribution in [0.1, 0.15) is 135 Å². The van der Waals surface area contributed by atoms with Gasteiger partial charge in [-0.25, -0.2) is 0 Å². The topological polar surface area (TPSA) is 0 Å². The second-order valence-electron chi connectivity index (χ2n) is 7.77. The fourth-order valence-corrected chi connectivity index (χ4v) is 3.77. The molecular weight excluding hydrogens is 276 g/mol. The lowest BCUT2D eigenvalue weighted by atomic mass is 10.0. The van der Waals surface area contributed by atoms with Crippen LogP contribution in [-0.4, -0.2) is 0 Å². The summed E-state index contributed by atoms with van der Waals surface area (Å²) in [4.78, 5) is 0. The first-order chi connectivity index (χ1) is 11.5. The minimum atomic E-state index is 1.32. The molecule has 0 fully saturated rings. The van der Waals surface area contributed by atoms with Crippen molar-refractivity contribution in [1.29, 1.82) is 0 Å². The Kier molecular flexibility index (Phi) is 16.3. The van der Waals surface area contributed by atoms with Crippen LogP contribution in [0.2, 0.25) is 0 Å². The summed E-state index contributed by atoms with van der Waals surface area (Å²) in [5.41, 5.74) is 0. The van der Waals surface area contributed by atoms with E-state index in [1.807, 2.05) is 0 Å². The van der Waals surface area contributed by atoms with Crippen LogP contribution in [0.15, 0.2) is 12.2 Å². The standard InChI is InChI=1S/C23H44/c1-2-4-6-8-10-12-14-16-18-20-22-23-21-19-17-15-13-11-9-7-5-3-1/h1-2H,3-23H2/b2-1-. The smallest absolute Gasteiger partial charge is 0.0351 e. The van der Waals surface area contributed by atoms with Gasteiger partial charge in [0, 0.05) is 0 Å². The molecule has 0 aromatic rings. The Morgan fingerprint density at radius 3 is 0.609 bits per heavy atom. The first-order valence-corrected chi connectivity index (χ1v) is 11.1. The van der Waals surface area contributed by atoms with E-state index < -0.39 is 0 Å². The Morgan fingerprint density at radius 2 is 0.391 bits per heavy atom. The largest absolute Gasteiger partial charge is 0.0885 e. The van der Waals surface area contributed by atoms with Gasteiger partial charge in [-0.3, -0.25) is 0 Å². The molecule has 0 aromatic heterocycles. The molecule has 136 valence electrons. The molecular formula is C23H44. The zero-order valence-electron chi connectivity index (χ0n) is 16.0. The van der Waals surface area contributed by atoms with Crippen molar-refractivity contribution in [2.45, 2.75) is 135 Å². The highest BCUT2D eigenvalue weighted by atomic mass is 14.0. The van der Waals surface area contributed by atoms with Gasteiger partial charge in [-0.05, 0) is 25.7 Å². The van der Waals surface area contributed by atoms with E-state index >= 15 is 0 Å². The monoisotopic (exact) mass is 320 g/mol. The third-order valence-corrected chi connectivity index (χ3v) is 5.41. The Hall–Kier alpha value is -0.260. The van der Waals surface area contributed by atoms with Gasteiger partial charge in [-0.15, -0.1) is 0 Å². The molecule has 0 aliphatic heterocycles. The van der Waals surface area contributed by atoms with E-state index in [9.17, 15) is 0 Å². The first kappa shape index (κ1) is 20.8. The van der Waals surface area contributed by atoms with Gasteiger partial charge in [-0.2, -0.15) is 0 Å². The zero-order valence-corrected chi connectivity index (χ0v) is 16.0. The van der Waals surface area contributed by atoms with Crippen LogP contribution in [0.25, 0.3) is 0 Å². The van der Waals surface area contributed by atoms with Crippen LogP contribution >= 0.6 is 0 Å². The molecule has 1 aliphatic carbocycles. The van der Waals surface area contributed by atoms with E-state index in [0.717, 1.165) is 0 Å². The maximum absolute atomic E-state index is 2.44. The van der Waals surface area contributed by atoms with Crippen molar-refractivity contribution in [2.24, 2.45) is 0 Å². The summed E-state index contributed by atoms with van der Waals surface area (Å²) in [6.07, 6.45) is 35.5. The summed E-state index contributed by atoms with van der Waals surface area (Å²) in [6.45, 7) is 0. The van der Waals surface area contributed by atoms with Gasteiger partial charge in [0.2, 0.25) is 0 Å². The molecule has 0 atom stereocenters. The molecule has 1 aliphatic rings. The van der Waals surface area contributed by atoms with Crippen molar-refractivity contribution in [3.63, 3.8) is 0 Å². The van der Waals surface area contributed by atoms with Crippen LogP contribution in [0, 0.1) is 0 Å². The molecule has 23 heavy (non-hydrogen) atoms. The van der Waals surface area contributed by atoms with Gasteiger partial charge in [0.25, 0.3) is 0 Å². The maximum atomic E-state index is 2.44. The molecule has 0 saturated heterocycles. The zero-order chi connectivity index (χ0) is 16.3. The summed E-state index contributed by atoms with van der Waals surface area (Å²) < 4.78 is 0. The Morgan fingerprint density at radius 1 is 0.217 bits per heavy atom. The second-order valence-corrected chi connectivity index (χ2v) is 7.77. The molecule has 0 bridgehead atoms. The average molecular weight is 321 g/mol. The normalized spacial score (nSPS) is 24.7. The third kappa shape index (κ3) is 16.4. The van der Waals surface area contributed by atoms with Crippen LogP contribution in [0.3, 0.4) is 0 Å². The lowest BCUT2D eigenvalue weighted by Crippen LogP contribution is -1.84. The molecule has 0 amide bonds. The van der Waals surface area contributed by atoms with Crippen molar-refractivity contribution < 1.29 is 0 Å². The molecule has 0 heterocycles. The first-order valence-electron chi connectivity index (χ1n) is 11.1. The van der Waals surface area contributed by atoms with Crippen LogP contribution in [-0.2, 0) is 0 Å². The van der Waals surface area contributed by atoms with Gasteiger partial charge >= 0.3 is 0 Å². The SMILES string of the molecule is C1=C\CCCCCCCCCCCCCCCCCCCCC/1. The van der Waals surface area contributed by atoms with Crippen molar-refractivity contribution in [3.05, 3.63) is 12.2 Å². The lowest BCUT2D eigenvalue weighted by molar-refractivity contribution is 0.523. The number of hydrogen-bond acceptors (Lipinski definition) is 0. The highest BCUT2D eigenvalue weighted by molar-refractivity contribution is 4.81. The van der Waals surface area contributed by atoms with E-state index in [4.69, 9.17) is 0 Å². The van der Waals surface area contributed by atoms with Gasteiger partial charge in [0.15, 0.2) is 0 Å². The molecule has 0 radical (unpaired) electrons. The molecule has 0 nitrogen and oxygen atoms in total. The number of rotatable bonds is 0. The number of allylic oxidation sites excluding steroid dienone is 2. The summed E-state index contributed by atoms with van der Waals surface area (Å²) >= 11 is 0. The fraction of sp³-hybridized carbons (Fsp3) is 0.913. The summed E-state index contributed by atoms with van der Waals surface area (Å²) in [7, 11) is 0. The highest BCUT2D eigenvalue weighted by Crippen LogP contribution is 2.15. The van der Waals surface area contributed by atoms with E-state index in [1.165, 1.54) is 135 Å². The van der Waals surface area contributed by atoms with Gasteiger partial charge in [0.05, 0.1) is 0 Å². The average Bonchev–Trinajstić information content (AvgIpc) is 2.56. The predicted octanol–water partition coefficient (Wildman–Crippen LogP) is 8.75. The highest BCUT2D eigenvalue weighted by Gasteiger charge is 1.95. The van der Waals surface area contributed by atoms with E-state index in [1.54, 1.807) is 0 Å². The molecule has 0 spiro atoms. The molecule has 0 unspecified atom stereocenters. The van der Waals surface area contributed by atoms with Crippen molar-refractivity contribution in [1.82, 2.24) is 0 Å². The van der Waals surface area contributed by atoms with Gasteiger partial charge in [0.1, 0.15) is 0 Å². The molecule has 0 saturated carbocycles. The predicted molar refractivity (Wildman–Crippen MR) is 106 cm³/mol. The molecule has 1 rings (SSSR count). The minimum Gasteiger partial charge on any atom is -0.0885 e. The van der Waals surface area contributed by atoms with Crippen LogP contribution < -0.4 is 0 Å². The van der Waals surface area contributed by atoms with Gasteiger partial charge in [-0.1, -0.05) is 121 Å². The third-order valence-electron chi connectivity index (χ3n) is 5.41. The van der Waals surface area contributed by atoms with Crippen molar-refractivity contribution in [3.8, 4) is 0 Å². The maximum Gasteiger partial charge on any atom is -0.0351 e. The van der Waals surface area contributed by atoms with Crippen LogP contribution in [0.5, 0.6) is 0 Å².